The Labute approximate surface area is 160 Å². The van der Waals surface area contributed by atoms with Crippen molar-refractivity contribution in [1.82, 2.24) is 4.98 Å². The second kappa shape index (κ2) is 7.84. The Hall–Kier alpha value is -1.80. The zero-order chi connectivity index (χ0) is 17.9. The number of thiazole rings is 1. The van der Waals surface area contributed by atoms with Gasteiger partial charge < -0.3 is 9.64 Å². The lowest BCUT2D eigenvalue weighted by Crippen LogP contribution is -3.14. The highest BCUT2D eigenvalue weighted by Gasteiger charge is 2.24. The van der Waals surface area contributed by atoms with Crippen molar-refractivity contribution in [1.29, 1.82) is 0 Å². The van der Waals surface area contributed by atoms with Gasteiger partial charge in [-0.2, -0.15) is 0 Å². The first kappa shape index (κ1) is 17.6. The molecule has 3 aromatic rings. The summed E-state index contributed by atoms with van der Waals surface area (Å²) in [5.74, 6) is 0.0457. The minimum atomic E-state index is 0.0457. The number of hydrogen-bond donors (Lipinski definition) is 1. The van der Waals surface area contributed by atoms with Gasteiger partial charge in [0.05, 0.1) is 41.4 Å². The fourth-order valence-corrected chi connectivity index (χ4v) is 4.93. The number of carbonyl (C=O) groups is 1. The molecular formula is C19H22N3O2S2+. The maximum atomic E-state index is 13.1. The van der Waals surface area contributed by atoms with Crippen molar-refractivity contribution in [2.45, 2.75) is 6.92 Å². The van der Waals surface area contributed by atoms with Crippen molar-refractivity contribution < 1.29 is 14.4 Å². The summed E-state index contributed by atoms with van der Waals surface area (Å²) >= 11 is 3.08. The second-order valence-corrected chi connectivity index (χ2v) is 8.42. The third-order valence-electron chi connectivity index (χ3n) is 4.71. The Morgan fingerprint density at radius 2 is 2.12 bits per heavy atom. The van der Waals surface area contributed by atoms with Gasteiger partial charge in [-0.3, -0.25) is 9.69 Å². The summed E-state index contributed by atoms with van der Waals surface area (Å²) in [6.07, 6.45) is 0. The minimum absolute atomic E-state index is 0.0457. The van der Waals surface area contributed by atoms with E-state index in [1.165, 1.54) is 16.2 Å². The molecule has 3 heterocycles. The Balaban J connectivity index is 1.62. The second-order valence-electron chi connectivity index (χ2n) is 6.46. The molecule has 0 unspecified atom stereocenters. The molecule has 26 heavy (non-hydrogen) atoms. The van der Waals surface area contributed by atoms with E-state index in [4.69, 9.17) is 9.72 Å². The quantitative estimate of drug-likeness (QED) is 0.729. The molecule has 1 N–H and O–H groups in total. The van der Waals surface area contributed by atoms with E-state index < -0.39 is 0 Å². The number of benzene rings is 1. The van der Waals surface area contributed by atoms with Gasteiger partial charge in [0.2, 0.25) is 0 Å². The van der Waals surface area contributed by atoms with Gasteiger partial charge in [0, 0.05) is 0 Å². The lowest BCUT2D eigenvalue weighted by atomic mass is 10.2. The number of nitrogens with one attached hydrogen (secondary N) is 1. The Morgan fingerprint density at radius 3 is 2.85 bits per heavy atom. The topological polar surface area (TPSA) is 46.9 Å². The van der Waals surface area contributed by atoms with Crippen LogP contribution in [-0.2, 0) is 4.74 Å². The van der Waals surface area contributed by atoms with Crippen LogP contribution < -0.4 is 9.80 Å². The summed E-state index contributed by atoms with van der Waals surface area (Å²) in [7, 11) is 0. The molecule has 0 aliphatic carbocycles. The monoisotopic (exact) mass is 388 g/mol. The number of para-hydroxylation sites is 1. The van der Waals surface area contributed by atoms with Crippen molar-refractivity contribution in [3.8, 4) is 0 Å². The van der Waals surface area contributed by atoms with Crippen LogP contribution >= 0.6 is 22.7 Å². The number of thiophene rings is 1. The van der Waals surface area contributed by atoms with Gasteiger partial charge in [0.15, 0.2) is 5.13 Å². The van der Waals surface area contributed by atoms with E-state index in [0.717, 1.165) is 58.6 Å². The standard InChI is InChI=1S/C19H21N3O2S2/c1-14-4-2-5-15-17(14)20-19(26-15)22(18(23)16-6-3-13-25-16)8-7-21-9-11-24-12-10-21/h2-6,13H,7-12H2,1H3/p+1. The van der Waals surface area contributed by atoms with Gasteiger partial charge in [-0.25, -0.2) is 4.98 Å². The number of carbonyl (C=O) groups excluding carboxylic acids is 1. The van der Waals surface area contributed by atoms with Crippen LogP contribution in [0, 0.1) is 6.92 Å². The lowest BCUT2D eigenvalue weighted by molar-refractivity contribution is -0.906. The van der Waals surface area contributed by atoms with Gasteiger partial charge in [-0.1, -0.05) is 29.5 Å². The van der Waals surface area contributed by atoms with Crippen molar-refractivity contribution in [3.05, 3.63) is 46.2 Å². The third kappa shape index (κ3) is 3.66. The maximum absolute atomic E-state index is 13.1. The van der Waals surface area contributed by atoms with Gasteiger partial charge >= 0.3 is 0 Å². The molecule has 1 fully saturated rings. The number of aryl methyl sites for hydroxylation is 1. The summed E-state index contributed by atoms with van der Waals surface area (Å²) in [6.45, 7) is 7.25. The number of hydrogen-bond acceptors (Lipinski definition) is 5. The lowest BCUT2D eigenvalue weighted by Gasteiger charge is -2.26. The van der Waals surface area contributed by atoms with E-state index in [0.29, 0.717) is 6.54 Å². The molecule has 0 spiro atoms. The summed E-state index contributed by atoms with van der Waals surface area (Å²) in [4.78, 5) is 22.0. The van der Waals surface area contributed by atoms with Gasteiger partial charge in [-0.15, -0.1) is 11.3 Å². The molecule has 0 bridgehead atoms. The third-order valence-corrected chi connectivity index (χ3v) is 6.61. The van der Waals surface area contributed by atoms with Crippen LogP contribution in [0.2, 0.25) is 0 Å². The van der Waals surface area contributed by atoms with Gasteiger partial charge in [0.1, 0.15) is 13.1 Å². The van der Waals surface area contributed by atoms with Crippen LogP contribution in [0.4, 0.5) is 5.13 Å². The van der Waals surface area contributed by atoms with E-state index >= 15 is 0 Å². The van der Waals surface area contributed by atoms with E-state index in [2.05, 4.69) is 19.1 Å². The van der Waals surface area contributed by atoms with E-state index in [-0.39, 0.29) is 5.91 Å². The molecule has 1 aliphatic heterocycles. The zero-order valence-corrected chi connectivity index (χ0v) is 16.4. The molecule has 1 aliphatic rings. The van der Waals surface area contributed by atoms with Crippen molar-refractivity contribution in [2.75, 3.05) is 44.3 Å². The molecular weight excluding hydrogens is 366 g/mol. The average Bonchev–Trinajstić information content (AvgIpc) is 3.33. The van der Waals surface area contributed by atoms with Crippen LogP contribution in [0.5, 0.6) is 0 Å². The number of amides is 1. The number of ether oxygens (including phenoxy) is 1. The number of fused-ring (bicyclic) bond motifs is 1. The van der Waals surface area contributed by atoms with E-state index in [1.807, 2.05) is 28.5 Å². The molecule has 4 rings (SSSR count). The normalized spacial score (nSPS) is 15.4. The average molecular weight is 389 g/mol. The van der Waals surface area contributed by atoms with E-state index in [9.17, 15) is 4.79 Å². The van der Waals surface area contributed by atoms with Crippen LogP contribution in [0.1, 0.15) is 15.2 Å². The van der Waals surface area contributed by atoms with Crippen LogP contribution in [-0.4, -0.2) is 50.3 Å². The van der Waals surface area contributed by atoms with Gasteiger partial charge in [0.25, 0.3) is 5.91 Å². The molecule has 1 aromatic carbocycles. The molecule has 1 saturated heterocycles. The van der Waals surface area contributed by atoms with Crippen molar-refractivity contribution >= 4 is 43.9 Å². The summed E-state index contributed by atoms with van der Waals surface area (Å²) in [5, 5.41) is 2.74. The highest BCUT2D eigenvalue weighted by atomic mass is 32.1. The maximum Gasteiger partial charge on any atom is 0.270 e. The predicted octanol–water partition coefficient (Wildman–Crippen LogP) is 2.23. The molecule has 136 valence electrons. The van der Waals surface area contributed by atoms with Crippen LogP contribution in [0.25, 0.3) is 10.2 Å². The highest BCUT2D eigenvalue weighted by Crippen LogP contribution is 2.31. The predicted molar refractivity (Wildman–Crippen MR) is 107 cm³/mol. The number of anilines is 1. The minimum Gasteiger partial charge on any atom is -0.370 e. The Morgan fingerprint density at radius 1 is 1.27 bits per heavy atom. The number of nitrogens with zero attached hydrogens (tertiary/aromatic N) is 2. The molecule has 1 amide bonds. The Bertz CT molecular complexity index is 885. The highest BCUT2D eigenvalue weighted by molar-refractivity contribution is 7.22. The number of morpholine rings is 1. The molecule has 5 nitrogen and oxygen atoms in total. The summed E-state index contributed by atoms with van der Waals surface area (Å²) in [6, 6.07) is 9.99. The summed E-state index contributed by atoms with van der Waals surface area (Å²) in [5.41, 5.74) is 2.14. The van der Waals surface area contributed by atoms with Crippen molar-refractivity contribution in [2.24, 2.45) is 0 Å². The first-order valence-corrected chi connectivity index (χ1v) is 10.5. The smallest absolute Gasteiger partial charge is 0.270 e. The molecule has 2 aromatic heterocycles. The first-order valence-electron chi connectivity index (χ1n) is 8.85. The molecule has 0 radical (unpaired) electrons. The molecule has 7 heteroatoms. The van der Waals surface area contributed by atoms with Crippen LogP contribution in [0.15, 0.2) is 35.7 Å². The van der Waals surface area contributed by atoms with Crippen LogP contribution in [0.3, 0.4) is 0 Å². The number of aromatic nitrogens is 1. The molecule has 0 atom stereocenters. The largest absolute Gasteiger partial charge is 0.370 e. The zero-order valence-electron chi connectivity index (χ0n) is 14.7. The first-order chi connectivity index (χ1) is 12.7. The Kier molecular flexibility index (Phi) is 5.31. The van der Waals surface area contributed by atoms with E-state index in [1.54, 1.807) is 11.3 Å². The van der Waals surface area contributed by atoms with Crippen molar-refractivity contribution in [3.63, 3.8) is 0 Å². The molecule has 0 saturated carbocycles. The van der Waals surface area contributed by atoms with Gasteiger partial charge in [-0.05, 0) is 30.0 Å². The number of quaternary nitrogens is 1. The fourth-order valence-electron chi connectivity index (χ4n) is 3.19. The number of rotatable bonds is 5. The summed E-state index contributed by atoms with van der Waals surface area (Å²) < 4.78 is 6.57. The SMILES string of the molecule is Cc1cccc2sc(N(CC[NH+]3CCOCC3)C(=O)c3cccs3)nc12. The fraction of sp³-hybridized carbons (Fsp3) is 0.368.